The molecule has 7 nitrogen and oxygen atoms in total. The van der Waals surface area contributed by atoms with Crippen LogP contribution >= 0.6 is 27.5 Å². The first kappa shape index (κ1) is 20.9. The van der Waals surface area contributed by atoms with E-state index in [-0.39, 0.29) is 25.2 Å². The van der Waals surface area contributed by atoms with Crippen LogP contribution in [0.15, 0.2) is 52.0 Å². The molecule has 2 aromatic carbocycles. The average Bonchev–Trinajstić information content (AvgIpc) is 2.68. The molecule has 0 saturated carbocycles. The fourth-order valence-corrected chi connectivity index (χ4v) is 3.24. The second kappa shape index (κ2) is 9.58. The number of nitrogens with zero attached hydrogens (tertiary/aromatic N) is 3. The minimum atomic E-state index is -0.940. The van der Waals surface area contributed by atoms with Gasteiger partial charge in [0.2, 0.25) is 5.91 Å². The number of amides is 1. The second-order valence-electron chi connectivity index (χ2n) is 6.11. The smallest absolute Gasteiger partial charge is 0.303 e. The number of fused-ring (bicyclic) bond motifs is 1. The third-order valence-corrected chi connectivity index (χ3v) is 4.79. The molecule has 0 aliphatic carbocycles. The number of halogens is 2. The highest BCUT2D eigenvalue weighted by Gasteiger charge is 2.12. The molecular formula is C20H16BrClN4O3. The van der Waals surface area contributed by atoms with Crippen molar-refractivity contribution in [2.45, 2.75) is 19.3 Å². The molecule has 0 saturated heterocycles. The minimum Gasteiger partial charge on any atom is -0.481 e. The van der Waals surface area contributed by atoms with E-state index in [9.17, 15) is 9.59 Å². The summed E-state index contributed by atoms with van der Waals surface area (Å²) in [4.78, 5) is 31.2. The maximum absolute atomic E-state index is 11.7. The van der Waals surface area contributed by atoms with Gasteiger partial charge in [0.05, 0.1) is 17.4 Å². The van der Waals surface area contributed by atoms with E-state index in [1.54, 1.807) is 6.07 Å². The number of aromatic nitrogens is 2. The van der Waals surface area contributed by atoms with Crippen LogP contribution in [-0.2, 0) is 9.59 Å². The van der Waals surface area contributed by atoms with Crippen LogP contribution in [0.4, 0.5) is 0 Å². The maximum Gasteiger partial charge on any atom is 0.303 e. The van der Waals surface area contributed by atoms with Crippen molar-refractivity contribution in [2.24, 2.45) is 5.10 Å². The van der Waals surface area contributed by atoms with Crippen LogP contribution in [0, 0.1) is 0 Å². The standard InChI is InChI=1S/C20H16BrClN4O3/c21-12-8-9-16-14(10-12)20(13-4-1-2-5-15(13)22)25-17(24-16)11-23-26-18(27)6-3-7-19(28)29/h1-2,4-5,8-11H,3,6-7H2,(H,26,27)(H,28,29)/b23-11+. The van der Waals surface area contributed by atoms with Gasteiger partial charge in [-0.2, -0.15) is 5.10 Å². The van der Waals surface area contributed by atoms with Crippen molar-refractivity contribution in [3.8, 4) is 11.3 Å². The van der Waals surface area contributed by atoms with E-state index in [1.165, 1.54) is 6.21 Å². The average molecular weight is 476 g/mol. The first-order valence-corrected chi connectivity index (χ1v) is 9.87. The van der Waals surface area contributed by atoms with Crippen LogP contribution in [-0.4, -0.2) is 33.2 Å². The van der Waals surface area contributed by atoms with E-state index in [2.05, 4.69) is 36.4 Å². The van der Waals surface area contributed by atoms with Crippen molar-refractivity contribution in [3.63, 3.8) is 0 Å². The van der Waals surface area contributed by atoms with Gasteiger partial charge in [0.1, 0.15) is 0 Å². The molecule has 3 rings (SSSR count). The molecule has 0 fully saturated rings. The number of carboxylic acid groups (broad SMARTS) is 1. The van der Waals surface area contributed by atoms with Gasteiger partial charge in [-0.15, -0.1) is 0 Å². The lowest BCUT2D eigenvalue weighted by atomic mass is 10.1. The fraction of sp³-hybridized carbons (Fsp3) is 0.150. The number of aliphatic carboxylic acids is 1. The van der Waals surface area contributed by atoms with E-state index in [0.717, 1.165) is 15.4 Å². The van der Waals surface area contributed by atoms with Crippen molar-refractivity contribution < 1.29 is 14.7 Å². The summed E-state index contributed by atoms with van der Waals surface area (Å²) >= 11 is 9.83. The Labute approximate surface area is 180 Å². The molecule has 0 radical (unpaired) electrons. The number of hydrazone groups is 1. The highest BCUT2D eigenvalue weighted by molar-refractivity contribution is 9.10. The molecule has 0 bridgehead atoms. The Morgan fingerprint density at radius 1 is 1.17 bits per heavy atom. The lowest BCUT2D eigenvalue weighted by molar-refractivity contribution is -0.137. The van der Waals surface area contributed by atoms with Gasteiger partial charge in [0.25, 0.3) is 0 Å². The van der Waals surface area contributed by atoms with Crippen LogP contribution in [0.2, 0.25) is 5.02 Å². The zero-order valence-corrected chi connectivity index (χ0v) is 17.4. The molecule has 0 spiro atoms. The summed E-state index contributed by atoms with van der Waals surface area (Å²) in [6.45, 7) is 0. The zero-order chi connectivity index (χ0) is 20.8. The Balaban J connectivity index is 1.88. The first-order valence-electron chi connectivity index (χ1n) is 8.70. The second-order valence-corrected chi connectivity index (χ2v) is 7.44. The van der Waals surface area contributed by atoms with E-state index >= 15 is 0 Å². The molecule has 0 atom stereocenters. The van der Waals surface area contributed by atoms with Crippen molar-refractivity contribution in [3.05, 3.63) is 57.8 Å². The highest BCUT2D eigenvalue weighted by Crippen LogP contribution is 2.32. The number of carboxylic acids is 1. The molecule has 1 amide bonds. The van der Waals surface area contributed by atoms with E-state index < -0.39 is 5.97 Å². The van der Waals surface area contributed by atoms with Crippen LogP contribution in [0.1, 0.15) is 25.1 Å². The van der Waals surface area contributed by atoms with Gasteiger partial charge in [-0.25, -0.2) is 15.4 Å². The summed E-state index contributed by atoms with van der Waals surface area (Å²) in [6, 6.07) is 13.0. The number of hydrogen-bond acceptors (Lipinski definition) is 5. The molecule has 0 aliphatic heterocycles. The quantitative estimate of drug-likeness (QED) is 0.389. The van der Waals surface area contributed by atoms with Gasteiger partial charge in [0.15, 0.2) is 5.82 Å². The van der Waals surface area contributed by atoms with Gasteiger partial charge in [-0.1, -0.05) is 45.7 Å². The maximum atomic E-state index is 11.7. The van der Waals surface area contributed by atoms with Crippen molar-refractivity contribution in [1.82, 2.24) is 15.4 Å². The molecule has 9 heteroatoms. The monoisotopic (exact) mass is 474 g/mol. The summed E-state index contributed by atoms with van der Waals surface area (Å²) in [5.74, 6) is -1.01. The molecule has 29 heavy (non-hydrogen) atoms. The minimum absolute atomic E-state index is 0.0678. The Hall–Kier alpha value is -2.84. The lowest BCUT2D eigenvalue weighted by Crippen LogP contribution is -2.17. The molecule has 0 aliphatic rings. The normalized spacial score (nSPS) is 11.1. The summed E-state index contributed by atoms with van der Waals surface area (Å²) in [6.07, 6.45) is 1.59. The van der Waals surface area contributed by atoms with Crippen molar-refractivity contribution in [1.29, 1.82) is 0 Å². The Kier molecular flexibility index (Phi) is 6.90. The largest absolute Gasteiger partial charge is 0.481 e. The van der Waals surface area contributed by atoms with Gasteiger partial charge in [0, 0.05) is 33.3 Å². The molecular weight excluding hydrogens is 460 g/mol. The van der Waals surface area contributed by atoms with Gasteiger partial charge in [-0.05, 0) is 30.7 Å². The van der Waals surface area contributed by atoms with E-state index in [0.29, 0.717) is 22.1 Å². The predicted molar refractivity (Wildman–Crippen MR) is 115 cm³/mol. The topological polar surface area (TPSA) is 105 Å². The third-order valence-electron chi connectivity index (χ3n) is 3.97. The lowest BCUT2D eigenvalue weighted by Gasteiger charge is -2.09. The SMILES string of the molecule is O=C(O)CCCC(=O)N/N=C/c1nc(-c2ccccc2Cl)c2cc(Br)ccc2n1. The van der Waals surface area contributed by atoms with E-state index in [4.69, 9.17) is 16.7 Å². The summed E-state index contributed by atoms with van der Waals surface area (Å²) in [5.41, 5.74) is 4.46. The Morgan fingerprint density at radius 3 is 2.72 bits per heavy atom. The van der Waals surface area contributed by atoms with E-state index in [1.807, 2.05) is 36.4 Å². The summed E-state index contributed by atoms with van der Waals surface area (Å²) in [5, 5.41) is 13.9. The van der Waals surface area contributed by atoms with Gasteiger partial charge in [-0.3, -0.25) is 9.59 Å². The van der Waals surface area contributed by atoms with Crippen LogP contribution in [0.5, 0.6) is 0 Å². The number of carbonyl (C=O) groups excluding carboxylic acids is 1. The number of nitrogens with one attached hydrogen (secondary N) is 1. The Bertz CT molecular complexity index is 1100. The third kappa shape index (κ3) is 5.58. The van der Waals surface area contributed by atoms with Crippen LogP contribution in [0.25, 0.3) is 22.2 Å². The molecule has 3 aromatic rings. The molecule has 148 valence electrons. The zero-order valence-electron chi connectivity index (χ0n) is 15.1. The van der Waals surface area contributed by atoms with Crippen molar-refractivity contribution in [2.75, 3.05) is 0 Å². The number of rotatable bonds is 7. The van der Waals surface area contributed by atoms with Gasteiger partial charge < -0.3 is 5.11 Å². The summed E-state index contributed by atoms with van der Waals surface area (Å²) in [7, 11) is 0. The highest BCUT2D eigenvalue weighted by atomic mass is 79.9. The molecule has 0 unspecified atom stereocenters. The molecule has 1 heterocycles. The fourth-order valence-electron chi connectivity index (χ4n) is 2.65. The summed E-state index contributed by atoms with van der Waals surface area (Å²) < 4.78 is 0.886. The van der Waals surface area contributed by atoms with Crippen molar-refractivity contribution >= 4 is 56.5 Å². The predicted octanol–water partition coefficient (Wildman–Crippen LogP) is 4.42. The molecule has 1 aromatic heterocycles. The first-order chi connectivity index (χ1) is 13.9. The number of hydrogen-bond donors (Lipinski definition) is 2. The van der Waals surface area contributed by atoms with Crippen LogP contribution in [0.3, 0.4) is 0 Å². The van der Waals surface area contributed by atoms with Gasteiger partial charge >= 0.3 is 5.97 Å². The Morgan fingerprint density at radius 2 is 1.97 bits per heavy atom. The number of benzene rings is 2. The van der Waals surface area contributed by atoms with Crippen LogP contribution < -0.4 is 5.43 Å². The molecule has 2 N–H and O–H groups in total. The number of carbonyl (C=O) groups is 2.